The molecule has 18 heavy (non-hydrogen) atoms. The lowest BCUT2D eigenvalue weighted by Crippen LogP contribution is -1.97. The van der Waals surface area contributed by atoms with Gasteiger partial charge >= 0.3 is 0 Å². The molecule has 2 nitrogen and oxygen atoms in total. The van der Waals surface area contributed by atoms with Gasteiger partial charge in [-0.15, -0.1) is 0 Å². The van der Waals surface area contributed by atoms with E-state index in [4.69, 9.17) is 11.6 Å². The SMILES string of the molecule is Cc1nc(-c2ccc(F)c(F)c2Br)nc(Cl)c1Br. The van der Waals surface area contributed by atoms with Gasteiger partial charge in [-0.3, -0.25) is 0 Å². The summed E-state index contributed by atoms with van der Waals surface area (Å²) in [6.45, 7) is 1.73. The predicted molar refractivity (Wildman–Crippen MR) is 72.5 cm³/mol. The zero-order valence-corrected chi connectivity index (χ0v) is 12.9. The highest BCUT2D eigenvalue weighted by molar-refractivity contribution is 9.11. The summed E-state index contributed by atoms with van der Waals surface area (Å²) in [5.41, 5.74) is 0.952. The van der Waals surface area contributed by atoms with Crippen LogP contribution in [0.15, 0.2) is 21.1 Å². The van der Waals surface area contributed by atoms with Crippen LogP contribution in [-0.4, -0.2) is 9.97 Å². The van der Waals surface area contributed by atoms with E-state index in [0.717, 1.165) is 6.07 Å². The molecule has 2 rings (SSSR count). The first-order valence-electron chi connectivity index (χ1n) is 4.75. The second-order valence-electron chi connectivity index (χ2n) is 3.46. The molecule has 0 saturated carbocycles. The molecule has 0 spiro atoms. The summed E-state index contributed by atoms with van der Waals surface area (Å²) in [5.74, 6) is -1.69. The van der Waals surface area contributed by atoms with Gasteiger partial charge in [0.1, 0.15) is 5.15 Å². The Labute approximate surface area is 124 Å². The third kappa shape index (κ3) is 2.41. The van der Waals surface area contributed by atoms with Gasteiger partial charge in [-0.2, -0.15) is 0 Å². The normalized spacial score (nSPS) is 10.8. The monoisotopic (exact) mass is 396 g/mol. The minimum absolute atomic E-state index is 0.0275. The van der Waals surface area contributed by atoms with Crippen LogP contribution in [0.5, 0.6) is 0 Å². The molecule has 1 aromatic carbocycles. The van der Waals surface area contributed by atoms with Gasteiger partial charge < -0.3 is 0 Å². The molecule has 0 bridgehead atoms. The van der Waals surface area contributed by atoms with E-state index in [0.29, 0.717) is 15.7 Å². The molecule has 0 unspecified atom stereocenters. The first kappa shape index (κ1) is 13.8. The fraction of sp³-hybridized carbons (Fsp3) is 0.0909. The molecule has 2 aromatic rings. The fourth-order valence-electron chi connectivity index (χ4n) is 1.34. The van der Waals surface area contributed by atoms with Gasteiger partial charge in [0.05, 0.1) is 14.6 Å². The molecule has 0 saturated heterocycles. The van der Waals surface area contributed by atoms with E-state index >= 15 is 0 Å². The third-order valence-electron chi connectivity index (χ3n) is 2.25. The quantitative estimate of drug-likeness (QED) is 0.504. The van der Waals surface area contributed by atoms with Crippen LogP contribution in [0.2, 0.25) is 5.15 Å². The van der Waals surface area contributed by atoms with Gasteiger partial charge in [0.15, 0.2) is 17.5 Å². The Morgan fingerprint density at radius 3 is 2.39 bits per heavy atom. The molecule has 0 amide bonds. The Balaban J connectivity index is 2.67. The average Bonchev–Trinajstić information content (AvgIpc) is 2.33. The summed E-state index contributed by atoms with van der Waals surface area (Å²) in [6.07, 6.45) is 0. The van der Waals surface area contributed by atoms with E-state index in [-0.39, 0.29) is 15.5 Å². The van der Waals surface area contributed by atoms with Crippen LogP contribution in [0.3, 0.4) is 0 Å². The van der Waals surface area contributed by atoms with Gasteiger partial charge in [-0.1, -0.05) is 11.6 Å². The van der Waals surface area contributed by atoms with E-state index in [2.05, 4.69) is 41.8 Å². The predicted octanol–water partition coefficient (Wildman–Crippen LogP) is 4.91. The molecule has 0 aliphatic carbocycles. The molecule has 1 aromatic heterocycles. The lowest BCUT2D eigenvalue weighted by molar-refractivity contribution is 0.504. The van der Waals surface area contributed by atoms with Crippen molar-refractivity contribution in [3.05, 3.63) is 43.6 Å². The van der Waals surface area contributed by atoms with Crippen LogP contribution in [0.25, 0.3) is 11.4 Å². The zero-order chi connectivity index (χ0) is 13.4. The van der Waals surface area contributed by atoms with Crippen LogP contribution in [0.4, 0.5) is 8.78 Å². The van der Waals surface area contributed by atoms with Crippen molar-refractivity contribution in [2.24, 2.45) is 0 Å². The van der Waals surface area contributed by atoms with Gasteiger partial charge in [-0.25, -0.2) is 18.7 Å². The van der Waals surface area contributed by atoms with Crippen molar-refractivity contribution in [1.29, 1.82) is 0 Å². The number of benzene rings is 1. The number of hydrogen-bond donors (Lipinski definition) is 0. The second-order valence-corrected chi connectivity index (χ2v) is 5.40. The number of halogens is 5. The standard InChI is InChI=1S/C11H5Br2ClF2N2/c1-4-7(12)10(14)18-11(17-4)5-2-3-6(15)9(16)8(5)13/h2-3H,1H3. The Bertz CT molecular complexity index is 612. The maximum Gasteiger partial charge on any atom is 0.173 e. The molecule has 0 aliphatic heterocycles. The first-order chi connectivity index (χ1) is 8.41. The summed E-state index contributed by atoms with van der Waals surface area (Å²) < 4.78 is 27.0. The molecule has 0 fully saturated rings. The van der Waals surface area contributed by atoms with E-state index in [1.54, 1.807) is 6.92 Å². The highest BCUT2D eigenvalue weighted by Gasteiger charge is 2.16. The number of rotatable bonds is 1. The van der Waals surface area contributed by atoms with Crippen LogP contribution in [0.1, 0.15) is 5.69 Å². The van der Waals surface area contributed by atoms with Crippen molar-refractivity contribution < 1.29 is 8.78 Å². The molecule has 0 atom stereocenters. The molecule has 0 aliphatic rings. The van der Waals surface area contributed by atoms with E-state index < -0.39 is 11.6 Å². The zero-order valence-electron chi connectivity index (χ0n) is 8.94. The summed E-state index contributed by atoms with van der Waals surface area (Å²) in [4.78, 5) is 8.20. The Hall–Kier alpha value is -0.590. The Morgan fingerprint density at radius 1 is 1.11 bits per heavy atom. The average molecular weight is 398 g/mol. The lowest BCUT2D eigenvalue weighted by atomic mass is 10.2. The van der Waals surface area contributed by atoms with Crippen molar-refractivity contribution in [3.8, 4) is 11.4 Å². The number of hydrogen-bond acceptors (Lipinski definition) is 2. The van der Waals surface area contributed by atoms with Gasteiger partial charge in [0, 0.05) is 5.56 Å². The molecular formula is C11H5Br2ClF2N2. The molecule has 7 heteroatoms. The van der Waals surface area contributed by atoms with Crippen LogP contribution >= 0.6 is 43.5 Å². The minimum Gasteiger partial charge on any atom is -0.232 e. The summed E-state index contributed by atoms with van der Waals surface area (Å²) in [5, 5.41) is 0.217. The Kier molecular flexibility index (Phi) is 3.99. The molecular weight excluding hydrogens is 393 g/mol. The smallest absolute Gasteiger partial charge is 0.173 e. The second kappa shape index (κ2) is 5.19. The van der Waals surface area contributed by atoms with Crippen LogP contribution in [0, 0.1) is 18.6 Å². The van der Waals surface area contributed by atoms with Crippen molar-refractivity contribution in [3.63, 3.8) is 0 Å². The number of aromatic nitrogens is 2. The molecule has 1 heterocycles. The first-order valence-corrected chi connectivity index (χ1v) is 6.71. The van der Waals surface area contributed by atoms with Crippen LogP contribution in [-0.2, 0) is 0 Å². The van der Waals surface area contributed by atoms with Crippen molar-refractivity contribution in [2.45, 2.75) is 6.92 Å². The molecule has 0 radical (unpaired) electrons. The van der Waals surface area contributed by atoms with E-state index in [9.17, 15) is 8.78 Å². The number of aryl methyl sites for hydroxylation is 1. The fourth-order valence-corrected chi connectivity index (χ4v) is 2.24. The summed E-state index contributed by atoms with van der Waals surface area (Å²) in [7, 11) is 0. The highest BCUT2D eigenvalue weighted by atomic mass is 79.9. The maximum absolute atomic E-state index is 13.4. The number of nitrogens with zero attached hydrogens (tertiary/aromatic N) is 2. The minimum atomic E-state index is -0.979. The topological polar surface area (TPSA) is 25.8 Å². The van der Waals surface area contributed by atoms with E-state index in [1.807, 2.05) is 0 Å². The summed E-state index contributed by atoms with van der Waals surface area (Å²) >= 11 is 12.1. The van der Waals surface area contributed by atoms with Gasteiger partial charge in [-0.05, 0) is 50.9 Å². The largest absolute Gasteiger partial charge is 0.232 e. The Morgan fingerprint density at radius 2 is 1.78 bits per heavy atom. The highest BCUT2D eigenvalue weighted by Crippen LogP contribution is 2.32. The lowest BCUT2D eigenvalue weighted by Gasteiger charge is -2.07. The molecule has 94 valence electrons. The van der Waals surface area contributed by atoms with Gasteiger partial charge in [0.25, 0.3) is 0 Å². The van der Waals surface area contributed by atoms with Crippen molar-refractivity contribution in [1.82, 2.24) is 9.97 Å². The van der Waals surface area contributed by atoms with E-state index in [1.165, 1.54) is 6.07 Å². The van der Waals surface area contributed by atoms with Crippen molar-refractivity contribution >= 4 is 43.5 Å². The molecule has 0 N–H and O–H groups in total. The van der Waals surface area contributed by atoms with Gasteiger partial charge in [0.2, 0.25) is 0 Å². The summed E-state index contributed by atoms with van der Waals surface area (Å²) in [6, 6.07) is 2.41. The van der Waals surface area contributed by atoms with Crippen LogP contribution < -0.4 is 0 Å². The maximum atomic E-state index is 13.4. The third-order valence-corrected chi connectivity index (χ3v) is 4.48. The van der Waals surface area contributed by atoms with Crippen molar-refractivity contribution in [2.75, 3.05) is 0 Å².